The van der Waals surface area contributed by atoms with Crippen LogP contribution < -0.4 is 10.6 Å². The number of rotatable bonds is 7. The van der Waals surface area contributed by atoms with Crippen LogP contribution in [0, 0.1) is 12.8 Å². The smallest absolute Gasteiger partial charge is 0.328 e. The molecule has 0 saturated carbocycles. The number of hydrogen-bond donors (Lipinski definition) is 2. The van der Waals surface area contributed by atoms with Crippen LogP contribution in [0.4, 0.5) is 0 Å². The Kier molecular flexibility index (Phi) is 7.14. The predicted octanol–water partition coefficient (Wildman–Crippen LogP) is 1.61. The number of esters is 1. The van der Waals surface area contributed by atoms with E-state index in [-0.39, 0.29) is 29.7 Å². The SMILES string of the molecule is Cc1c(C(=O)N[C@@H](CC(C)C)C(=O)OC(C)C)nnn1C1CCNCC1. The highest BCUT2D eigenvalue weighted by atomic mass is 16.5. The highest BCUT2D eigenvalue weighted by Gasteiger charge is 2.28. The molecule has 2 heterocycles. The molecule has 26 heavy (non-hydrogen) atoms. The summed E-state index contributed by atoms with van der Waals surface area (Å²) in [5.74, 6) is -0.550. The minimum Gasteiger partial charge on any atom is -0.461 e. The Morgan fingerprint density at radius 1 is 1.27 bits per heavy atom. The number of amides is 1. The lowest BCUT2D eigenvalue weighted by Gasteiger charge is -2.23. The Morgan fingerprint density at radius 3 is 2.50 bits per heavy atom. The van der Waals surface area contributed by atoms with Crippen molar-refractivity contribution in [3.8, 4) is 0 Å². The number of carbonyl (C=O) groups is 2. The average molecular weight is 365 g/mol. The van der Waals surface area contributed by atoms with Gasteiger partial charge < -0.3 is 15.4 Å². The summed E-state index contributed by atoms with van der Waals surface area (Å²) in [7, 11) is 0. The van der Waals surface area contributed by atoms with E-state index in [9.17, 15) is 9.59 Å². The lowest BCUT2D eigenvalue weighted by molar-refractivity contribution is -0.150. The Bertz CT molecular complexity index is 620. The first-order valence-corrected chi connectivity index (χ1v) is 9.43. The zero-order chi connectivity index (χ0) is 19.3. The molecule has 1 amide bonds. The molecule has 1 aliphatic rings. The molecule has 146 valence electrons. The Balaban J connectivity index is 2.10. The molecule has 2 N–H and O–H groups in total. The Hall–Kier alpha value is -1.96. The molecule has 0 aliphatic carbocycles. The van der Waals surface area contributed by atoms with Crippen LogP contribution in [0.5, 0.6) is 0 Å². The molecule has 1 aliphatic heterocycles. The third kappa shape index (κ3) is 5.27. The fourth-order valence-electron chi connectivity index (χ4n) is 3.18. The summed E-state index contributed by atoms with van der Waals surface area (Å²) in [6, 6.07) is -0.434. The van der Waals surface area contributed by atoms with Crippen molar-refractivity contribution in [3.63, 3.8) is 0 Å². The first-order valence-electron chi connectivity index (χ1n) is 9.43. The minimum absolute atomic E-state index is 0.225. The zero-order valence-electron chi connectivity index (χ0n) is 16.4. The number of piperidine rings is 1. The number of nitrogens with one attached hydrogen (secondary N) is 2. The van der Waals surface area contributed by atoms with E-state index in [0.29, 0.717) is 6.42 Å². The molecule has 0 bridgehead atoms. The van der Waals surface area contributed by atoms with Crippen molar-refractivity contribution >= 4 is 11.9 Å². The zero-order valence-corrected chi connectivity index (χ0v) is 16.4. The summed E-state index contributed by atoms with van der Waals surface area (Å²) in [5, 5.41) is 14.4. The number of nitrogens with zero attached hydrogens (tertiary/aromatic N) is 3. The van der Waals surface area contributed by atoms with Gasteiger partial charge >= 0.3 is 5.97 Å². The van der Waals surface area contributed by atoms with E-state index in [2.05, 4.69) is 20.9 Å². The quantitative estimate of drug-likeness (QED) is 0.713. The van der Waals surface area contributed by atoms with Crippen molar-refractivity contribution in [1.29, 1.82) is 0 Å². The molecule has 1 aromatic rings. The Labute approximate surface area is 155 Å². The van der Waals surface area contributed by atoms with E-state index in [1.54, 1.807) is 13.8 Å². The lowest BCUT2D eigenvalue weighted by Crippen LogP contribution is -2.43. The summed E-state index contributed by atoms with van der Waals surface area (Å²) in [5.41, 5.74) is 1.00. The van der Waals surface area contributed by atoms with E-state index >= 15 is 0 Å². The number of aromatic nitrogens is 3. The van der Waals surface area contributed by atoms with Gasteiger partial charge in [0.2, 0.25) is 0 Å². The maximum absolute atomic E-state index is 12.7. The third-order valence-corrected chi connectivity index (χ3v) is 4.45. The second-order valence-electron chi connectivity index (χ2n) is 7.59. The van der Waals surface area contributed by atoms with Gasteiger partial charge in [-0.3, -0.25) is 4.79 Å². The molecule has 2 rings (SSSR count). The van der Waals surface area contributed by atoms with E-state index < -0.39 is 12.0 Å². The summed E-state index contributed by atoms with van der Waals surface area (Å²) >= 11 is 0. The van der Waals surface area contributed by atoms with Crippen molar-refractivity contribution in [2.24, 2.45) is 5.92 Å². The van der Waals surface area contributed by atoms with Crippen LogP contribution in [0.3, 0.4) is 0 Å². The molecular weight excluding hydrogens is 334 g/mol. The summed E-state index contributed by atoms with van der Waals surface area (Å²) in [4.78, 5) is 25.0. The number of carbonyl (C=O) groups excluding carboxylic acids is 2. The molecule has 0 radical (unpaired) electrons. The summed E-state index contributed by atoms with van der Waals surface area (Å²) < 4.78 is 7.11. The average Bonchev–Trinajstić information content (AvgIpc) is 2.95. The van der Waals surface area contributed by atoms with E-state index in [1.165, 1.54) is 0 Å². The van der Waals surface area contributed by atoms with Crippen LogP contribution in [0.15, 0.2) is 0 Å². The standard InChI is InChI=1S/C18H31N5O3/c1-11(2)10-15(18(25)26-12(3)4)20-17(24)16-13(5)23(22-21-16)14-6-8-19-9-7-14/h11-12,14-15,19H,6-10H2,1-5H3,(H,20,24)/t15-/m0/s1. The molecule has 1 saturated heterocycles. The van der Waals surface area contributed by atoms with Crippen LogP contribution in [-0.2, 0) is 9.53 Å². The second kappa shape index (κ2) is 9.12. The van der Waals surface area contributed by atoms with Crippen molar-refractivity contribution in [3.05, 3.63) is 11.4 Å². The van der Waals surface area contributed by atoms with Crippen molar-refractivity contribution < 1.29 is 14.3 Å². The third-order valence-electron chi connectivity index (χ3n) is 4.45. The van der Waals surface area contributed by atoms with Crippen LogP contribution >= 0.6 is 0 Å². The van der Waals surface area contributed by atoms with Crippen LogP contribution in [0.25, 0.3) is 0 Å². The predicted molar refractivity (Wildman–Crippen MR) is 97.8 cm³/mol. The van der Waals surface area contributed by atoms with Crippen molar-refractivity contribution in [2.45, 2.75) is 72.1 Å². The molecule has 1 atom stereocenters. The van der Waals surface area contributed by atoms with Gasteiger partial charge in [0.05, 0.1) is 17.8 Å². The lowest BCUT2D eigenvalue weighted by atomic mass is 10.0. The van der Waals surface area contributed by atoms with E-state index in [1.807, 2.05) is 25.5 Å². The van der Waals surface area contributed by atoms with Gasteiger partial charge in [0.1, 0.15) is 6.04 Å². The summed E-state index contributed by atoms with van der Waals surface area (Å²) in [6.07, 6.45) is 2.21. The molecule has 1 aromatic heterocycles. The van der Waals surface area contributed by atoms with Crippen LogP contribution in [-0.4, -0.2) is 52.1 Å². The maximum Gasteiger partial charge on any atom is 0.328 e. The molecular formula is C18H31N5O3. The minimum atomic E-state index is -0.687. The fourth-order valence-corrected chi connectivity index (χ4v) is 3.18. The van der Waals surface area contributed by atoms with Crippen LogP contribution in [0.1, 0.15) is 69.2 Å². The van der Waals surface area contributed by atoms with E-state index in [4.69, 9.17) is 4.74 Å². The Morgan fingerprint density at radius 2 is 1.92 bits per heavy atom. The molecule has 1 fully saturated rings. The first kappa shape index (κ1) is 20.4. The van der Waals surface area contributed by atoms with E-state index in [0.717, 1.165) is 31.6 Å². The summed E-state index contributed by atoms with van der Waals surface area (Å²) in [6.45, 7) is 11.3. The number of hydrogen-bond acceptors (Lipinski definition) is 6. The first-order chi connectivity index (χ1) is 12.3. The van der Waals surface area contributed by atoms with Crippen molar-refractivity contribution in [1.82, 2.24) is 25.6 Å². The molecule has 0 unspecified atom stereocenters. The highest BCUT2D eigenvalue weighted by molar-refractivity contribution is 5.96. The molecule has 8 nitrogen and oxygen atoms in total. The monoisotopic (exact) mass is 365 g/mol. The normalized spacial score (nSPS) is 16.7. The number of ether oxygens (including phenoxy) is 1. The maximum atomic E-state index is 12.7. The van der Waals surface area contributed by atoms with Gasteiger partial charge in [0.25, 0.3) is 5.91 Å². The largest absolute Gasteiger partial charge is 0.461 e. The highest BCUT2D eigenvalue weighted by Crippen LogP contribution is 2.20. The van der Waals surface area contributed by atoms with Gasteiger partial charge in [-0.1, -0.05) is 19.1 Å². The van der Waals surface area contributed by atoms with Gasteiger partial charge in [-0.05, 0) is 59.0 Å². The van der Waals surface area contributed by atoms with Gasteiger partial charge in [-0.2, -0.15) is 0 Å². The van der Waals surface area contributed by atoms with Gasteiger partial charge in [0.15, 0.2) is 5.69 Å². The topological polar surface area (TPSA) is 98.1 Å². The van der Waals surface area contributed by atoms with Gasteiger partial charge in [-0.25, -0.2) is 9.48 Å². The van der Waals surface area contributed by atoms with Crippen molar-refractivity contribution in [2.75, 3.05) is 13.1 Å². The second-order valence-corrected chi connectivity index (χ2v) is 7.59. The fraction of sp³-hybridized carbons (Fsp3) is 0.778. The van der Waals surface area contributed by atoms with Crippen LogP contribution in [0.2, 0.25) is 0 Å². The molecule has 0 spiro atoms. The molecule has 8 heteroatoms. The molecule has 0 aromatic carbocycles. The van der Waals surface area contributed by atoms with Gasteiger partial charge in [-0.15, -0.1) is 5.10 Å². The van der Waals surface area contributed by atoms with Gasteiger partial charge in [0, 0.05) is 0 Å².